The number of rotatable bonds is 10. The van der Waals surface area contributed by atoms with E-state index in [1.807, 2.05) is 0 Å². The van der Waals surface area contributed by atoms with Gasteiger partial charge < -0.3 is 14.8 Å². The van der Waals surface area contributed by atoms with Crippen molar-refractivity contribution in [3.63, 3.8) is 0 Å². The molecule has 0 atom stereocenters. The maximum Gasteiger partial charge on any atom is 0.242 e. The predicted molar refractivity (Wildman–Crippen MR) is 76.3 cm³/mol. The highest BCUT2D eigenvalue weighted by Gasteiger charge is 2.13. The molecule has 7 nitrogen and oxygen atoms in total. The third kappa shape index (κ3) is 5.83. The Labute approximate surface area is 119 Å². The van der Waals surface area contributed by atoms with Gasteiger partial charge in [0, 0.05) is 40.1 Å². The Morgan fingerprint density at radius 2 is 1.90 bits per heavy atom. The maximum absolute atomic E-state index is 11.9. The minimum absolute atomic E-state index is 0.146. The Kier molecular flexibility index (Phi) is 7.45. The Bertz CT molecular complexity index is 476. The van der Waals surface area contributed by atoms with E-state index in [1.54, 1.807) is 20.3 Å². The van der Waals surface area contributed by atoms with Crippen LogP contribution in [0.5, 0.6) is 0 Å². The molecule has 0 amide bonds. The zero-order chi connectivity index (χ0) is 14.8. The molecule has 0 aliphatic heterocycles. The number of pyridine rings is 1. The summed E-state index contributed by atoms with van der Waals surface area (Å²) in [5, 5.41) is 3.02. The number of ether oxygens (including phenoxy) is 2. The molecule has 1 heterocycles. The summed E-state index contributed by atoms with van der Waals surface area (Å²) in [5.74, 6) is 0.611. The fourth-order valence-corrected chi connectivity index (χ4v) is 2.45. The number of nitrogens with one attached hydrogen (secondary N) is 2. The Hall–Kier alpha value is -1.22. The van der Waals surface area contributed by atoms with Crippen molar-refractivity contribution in [3.8, 4) is 0 Å². The third-order valence-electron chi connectivity index (χ3n) is 2.48. The zero-order valence-corrected chi connectivity index (χ0v) is 12.6. The van der Waals surface area contributed by atoms with E-state index >= 15 is 0 Å². The molecule has 0 aromatic carbocycles. The second kappa shape index (κ2) is 8.85. The molecule has 0 saturated carbocycles. The molecule has 0 aliphatic carbocycles. The monoisotopic (exact) mass is 303 g/mol. The van der Waals surface area contributed by atoms with E-state index in [2.05, 4.69) is 15.0 Å². The van der Waals surface area contributed by atoms with E-state index in [0.29, 0.717) is 38.5 Å². The van der Waals surface area contributed by atoms with Gasteiger partial charge in [0.1, 0.15) is 10.7 Å². The predicted octanol–water partition coefficient (Wildman–Crippen LogP) is 0.455. The molecule has 0 bridgehead atoms. The molecule has 0 unspecified atom stereocenters. The van der Waals surface area contributed by atoms with Gasteiger partial charge >= 0.3 is 0 Å². The number of nitrogens with zero attached hydrogens (tertiary/aromatic N) is 1. The van der Waals surface area contributed by atoms with Crippen molar-refractivity contribution in [3.05, 3.63) is 18.3 Å². The van der Waals surface area contributed by atoms with Crippen molar-refractivity contribution in [2.24, 2.45) is 0 Å². The van der Waals surface area contributed by atoms with Crippen molar-refractivity contribution in [1.82, 2.24) is 9.71 Å². The summed E-state index contributed by atoms with van der Waals surface area (Å²) in [5.41, 5.74) is 0. The van der Waals surface area contributed by atoms with Crippen molar-refractivity contribution in [1.29, 1.82) is 0 Å². The molecule has 8 heteroatoms. The van der Waals surface area contributed by atoms with Crippen molar-refractivity contribution < 1.29 is 17.9 Å². The largest absolute Gasteiger partial charge is 0.385 e. The van der Waals surface area contributed by atoms with Crippen LogP contribution in [0, 0.1) is 0 Å². The summed E-state index contributed by atoms with van der Waals surface area (Å²) >= 11 is 0. The molecule has 20 heavy (non-hydrogen) atoms. The minimum Gasteiger partial charge on any atom is -0.385 e. The molecule has 1 aromatic heterocycles. The van der Waals surface area contributed by atoms with Crippen molar-refractivity contribution in [2.75, 3.05) is 45.8 Å². The Morgan fingerprint density at radius 3 is 2.50 bits per heavy atom. The van der Waals surface area contributed by atoms with E-state index in [1.165, 1.54) is 12.3 Å². The van der Waals surface area contributed by atoms with Crippen LogP contribution in [0.25, 0.3) is 0 Å². The first-order chi connectivity index (χ1) is 9.60. The Balaban J connectivity index is 2.53. The van der Waals surface area contributed by atoms with Crippen molar-refractivity contribution >= 4 is 15.8 Å². The number of hydrogen-bond acceptors (Lipinski definition) is 6. The molecule has 114 valence electrons. The van der Waals surface area contributed by atoms with Gasteiger partial charge in [0.25, 0.3) is 0 Å². The average molecular weight is 303 g/mol. The van der Waals surface area contributed by atoms with Gasteiger partial charge in [0.2, 0.25) is 10.0 Å². The van der Waals surface area contributed by atoms with Gasteiger partial charge in [-0.05, 0) is 18.6 Å². The topological polar surface area (TPSA) is 89.5 Å². The molecule has 0 radical (unpaired) electrons. The highest BCUT2D eigenvalue weighted by molar-refractivity contribution is 7.89. The number of methoxy groups -OCH3 is 2. The number of hydrogen-bond donors (Lipinski definition) is 2. The van der Waals surface area contributed by atoms with Crippen LogP contribution in [0.3, 0.4) is 0 Å². The first kappa shape index (κ1) is 16.8. The fourth-order valence-electron chi connectivity index (χ4n) is 1.43. The lowest BCUT2D eigenvalue weighted by Crippen LogP contribution is -2.25. The lowest BCUT2D eigenvalue weighted by Gasteiger charge is -2.08. The second-order valence-corrected chi connectivity index (χ2v) is 5.81. The molecule has 0 aliphatic rings. The van der Waals surface area contributed by atoms with E-state index in [9.17, 15) is 8.42 Å². The van der Waals surface area contributed by atoms with E-state index < -0.39 is 10.0 Å². The van der Waals surface area contributed by atoms with Gasteiger partial charge in [-0.1, -0.05) is 0 Å². The standard InChI is InChI=1S/C12H21N3O4S/c1-18-8-3-6-15-20(16,17)11-4-5-12(14-10-11)13-7-9-19-2/h4-5,10,15H,3,6-9H2,1-2H3,(H,13,14). The van der Waals surface area contributed by atoms with Crippen LogP contribution >= 0.6 is 0 Å². The summed E-state index contributed by atoms with van der Waals surface area (Å²) in [6.45, 7) is 2.03. The molecule has 0 fully saturated rings. The number of anilines is 1. The van der Waals surface area contributed by atoms with Crippen LogP contribution in [0.15, 0.2) is 23.2 Å². The lowest BCUT2D eigenvalue weighted by atomic mass is 10.4. The summed E-state index contributed by atoms with van der Waals surface area (Å²) in [6, 6.07) is 3.14. The molecule has 2 N–H and O–H groups in total. The quantitative estimate of drug-likeness (QED) is 0.610. The SMILES string of the molecule is COCCCNS(=O)(=O)c1ccc(NCCOC)nc1. The number of sulfonamides is 1. The zero-order valence-electron chi connectivity index (χ0n) is 11.8. The number of aromatic nitrogens is 1. The summed E-state index contributed by atoms with van der Waals surface area (Å²) in [6.07, 6.45) is 1.95. The smallest absolute Gasteiger partial charge is 0.242 e. The van der Waals surface area contributed by atoms with Gasteiger partial charge in [0.05, 0.1) is 6.61 Å². The summed E-state index contributed by atoms with van der Waals surface area (Å²) < 4.78 is 36.1. The van der Waals surface area contributed by atoms with Gasteiger partial charge in [-0.2, -0.15) is 0 Å². The lowest BCUT2D eigenvalue weighted by molar-refractivity contribution is 0.196. The molecule has 0 saturated heterocycles. The van der Waals surface area contributed by atoms with Crippen LogP contribution in [0.2, 0.25) is 0 Å². The van der Waals surface area contributed by atoms with Crippen molar-refractivity contribution in [2.45, 2.75) is 11.3 Å². The first-order valence-corrected chi connectivity index (χ1v) is 7.76. The average Bonchev–Trinajstić information content (AvgIpc) is 2.45. The van der Waals surface area contributed by atoms with Gasteiger partial charge in [0.15, 0.2) is 0 Å². The molecular weight excluding hydrogens is 282 g/mol. The van der Waals surface area contributed by atoms with Gasteiger partial charge in [-0.3, -0.25) is 0 Å². The van der Waals surface area contributed by atoms with E-state index in [-0.39, 0.29) is 4.90 Å². The molecular formula is C12H21N3O4S. The first-order valence-electron chi connectivity index (χ1n) is 6.27. The van der Waals surface area contributed by atoms with Crippen LogP contribution in [-0.4, -0.2) is 53.9 Å². The van der Waals surface area contributed by atoms with E-state index in [4.69, 9.17) is 9.47 Å². The fraction of sp³-hybridized carbons (Fsp3) is 0.583. The highest BCUT2D eigenvalue weighted by Crippen LogP contribution is 2.10. The van der Waals surface area contributed by atoms with Crippen LogP contribution < -0.4 is 10.0 Å². The summed E-state index contributed by atoms with van der Waals surface area (Å²) in [4.78, 5) is 4.20. The summed E-state index contributed by atoms with van der Waals surface area (Å²) in [7, 11) is -0.315. The Morgan fingerprint density at radius 1 is 1.15 bits per heavy atom. The molecule has 1 rings (SSSR count). The van der Waals surface area contributed by atoms with Gasteiger partial charge in [-0.15, -0.1) is 0 Å². The second-order valence-electron chi connectivity index (χ2n) is 4.04. The molecule has 1 aromatic rings. The van der Waals surface area contributed by atoms with E-state index in [0.717, 1.165) is 0 Å². The maximum atomic E-state index is 11.9. The minimum atomic E-state index is -3.50. The van der Waals surface area contributed by atoms with Gasteiger partial charge in [-0.25, -0.2) is 18.1 Å². The highest BCUT2D eigenvalue weighted by atomic mass is 32.2. The third-order valence-corrected chi connectivity index (χ3v) is 3.92. The normalized spacial score (nSPS) is 11.5. The van der Waals surface area contributed by atoms with Crippen LogP contribution in [0.1, 0.15) is 6.42 Å². The van der Waals surface area contributed by atoms with Crippen LogP contribution in [0.4, 0.5) is 5.82 Å². The molecule has 0 spiro atoms. The van der Waals surface area contributed by atoms with Crippen LogP contribution in [-0.2, 0) is 19.5 Å².